The fourth-order valence-electron chi connectivity index (χ4n) is 1.25. The van der Waals surface area contributed by atoms with E-state index in [9.17, 15) is 8.42 Å². The molecule has 2 heterocycles. The summed E-state index contributed by atoms with van der Waals surface area (Å²) in [5.41, 5.74) is 6.05. The maximum atomic E-state index is 11.8. The van der Waals surface area contributed by atoms with Crippen LogP contribution in [-0.4, -0.2) is 28.6 Å². The molecule has 0 spiro atoms. The summed E-state index contributed by atoms with van der Waals surface area (Å²) in [4.78, 5) is 6.74. The minimum Gasteiger partial charge on any atom is -0.363 e. The second-order valence-corrected chi connectivity index (χ2v) is 5.09. The van der Waals surface area contributed by atoms with Crippen molar-refractivity contribution < 1.29 is 8.42 Å². The maximum Gasteiger partial charge on any atom is 0.242 e. The van der Waals surface area contributed by atoms with Crippen LogP contribution in [0.15, 0.2) is 23.5 Å². The van der Waals surface area contributed by atoms with E-state index in [1.165, 1.54) is 18.6 Å². The van der Waals surface area contributed by atoms with Crippen LogP contribution in [0.5, 0.6) is 0 Å². The standard InChI is InChI=1S/C8H12N6O2S/c9-2-6-1-7(3-10-6)17(15,16)13-4-8-11-5-12-14-8/h1,3,5,10,13H,2,4,9H2,(H,11,12,14). The molecule has 0 radical (unpaired) electrons. The average molecular weight is 256 g/mol. The lowest BCUT2D eigenvalue weighted by Gasteiger charge is -2.01. The summed E-state index contributed by atoms with van der Waals surface area (Å²) >= 11 is 0. The largest absolute Gasteiger partial charge is 0.363 e. The quantitative estimate of drug-likeness (QED) is 0.549. The first kappa shape index (κ1) is 11.8. The fraction of sp³-hybridized carbons (Fsp3) is 0.250. The van der Waals surface area contributed by atoms with Gasteiger partial charge in [0.15, 0.2) is 0 Å². The SMILES string of the molecule is NCc1cc(S(=O)(=O)NCc2ncn[nH]2)c[nH]1. The zero-order valence-electron chi connectivity index (χ0n) is 8.84. The second kappa shape index (κ2) is 4.65. The van der Waals surface area contributed by atoms with Crippen molar-refractivity contribution in [1.82, 2.24) is 24.9 Å². The van der Waals surface area contributed by atoms with Crippen molar-refractivity contribution in [2.45, 2.75) is 18.0 Å². The average Bonchev–Trinajstić information content (AvgIpc) is 2.98. The van der Waals surface area contributed by atoms with E-state index in [0.717, 1.165) is 0 Å². The first-order valence-corrected chi connectivity index (χ1v) is 6.31. The molecule has 0 saturated carbocycles. The third kappa shape index (κ3) is 2.70. The van der Waals surface area contributed by atoms with E-state index in [-0.39, 0.29) is 18.0 Å². The highest BCUT2D eigenvalue weighted by molar-refractivity contribution is 7.89. The molecular weight excluding hydrogens is 244 g/mol. The van der Waals surface area contributed by atoms with Gasteiger partial charge in [0.2, 0.25) is 10.0 Å². The molecule has 2 aromatic rings. The number of aromatic amines is 2. The summed E-state index contributed by atoms with van der Waals surface area (Å²) in [6, 6.07) is 1.49. The van der Waals surface area contributed by atoms with Gasteiger partial charge in [-0.1, -0.05) is 0 Å². The summed E-state index contributed by atoms with van der Waals surface area (Å²) in [7, 11) is -3.55. The third-order valence-electron chi connectivity index (χ3n) is 2.14. The van der Waals surface area contributed by atoms with Crippen molar-refractivity contribution in [3.63, 3.8) is 0 Å². The third-order valence-corrected chi connectivity index (χ3v) is 3.52. The molecule has 0 aromatic carbocycles. The molecule has 0 bridgehead atoms. The van der Waals surface area contributed by atoms with Crippen LogP contribution in [0.2, 0.25) is 0 Å². The van der Waals surface area contributed by atoms with Crippen LogP contribution in [0.25, 0.3) is 0 Å². The molecule has 0 amide bonds. The van der Waals surface area contributed by atoms with Crippen LogP contribution in [0.4, 0.5) is 0 Å². The lowest BCUT2D eigenvalue weighted by Crippen LogP contribution is -2.23. The molecule has 0 atom stereocenters. The van der Waals surface area contributed by atoms with Crippen LogP contribution in [0.3, 0.4) is 0 Å². The molecule has 0 aliphatic heterocycles. The summed E-state index contributed by atoms with van der Waals surface area (Å²) < 4.78 is 26.0. The number of nitrogens with two attached hydrogens (primary N) is 1. The van der Waals surface area contributed by atoms with E-state index in [2.05, 4.69) is 24.9 Å². The van der Waals surface area contributed by atoms with Crippen molar-refractivity contribution >= 4 is 10.0 Å². The van der Waals surface area contributed by atoms with Crippen LogP contribution in [0, 0.1) is 0 Å². The summed E-state index contributed by atoms with van der Waals surface area (Å²) in [6.45, 7) is 0.323. The number of sulfonamides is 1. The molecule has 2 rings (SSSR count). The van der Waals surface area contributed by atoms with E-state index in [1.807, 2.05) is 0 Å². The van der Waals surface area contributed by atoms with Crippen molar-refractivity contribution in [2.75, 3.05) is 0 Å². The van der Waals surface area contributed by atoms with Crippen LogP contribution in [0.1, 0.15) is 11.5 Å². The highest BCUT2D eigenvalue weighted by Crippen LogP contribution is 2.10. The molecule has 8 nitrogen and oxygen atoms in total. The zero-order valence-corrected chi connectivity index (χ0v) is 9.66. The van der Waals surface area contributed by atoms with Gasteiger partial charge in [-0.3, -0.25) is 5.10 Å². The number of nitrogens with one attached hydrogen (secondary N) is 3. The number of hydrogen-bond acceptors (Lipinski definition) is 5. The van der Waals surface area contributed by atoms with Gasteiger partial charge in [0.25, 0.3) is 0 Å². The van der Waals surface area contributed by atoms with Crippen LogP contribution >= 0.6 is 0 Å². The lowest BCUT2D eigenvalue weighted by atomic mass is 10.4. The molecular formula is C8H12N6O2S. The van der Waals surface area contributed by atoms with Gasteiger partial charge in [-0.15, -0.1) is 0 Å². The predicted octanol–water partition coefficient (Wildman–Crippen LogP) is -0.930. The number of nitrogens with zero attached hydrogens (tertiary/aromatic N) is 2. The Morgan fingerprint density at radius 2 is 2.29 bits per heavy atom. The van der Waals surface area contributed by atoms with Crippen LogP contribution in [-0.2, 0) is 23.1 Å². The molecule has 2 aromatic heterocycles. The molecule has 17 heavy (non-hydrogen) atoms. The summed E-state index contributed by atoms with van der Waals surface area (Å²) in [5.74, 6) is 0.447. The Balaban J connectivity index is 2.08. The highest BCUT2D eigenvalue weighted by Gasteiger charge is 2.15. The van der Waals surface area contributed by atoms with Gasteiger partial charge < -0.3 is 10.7 Å². The highest BCUT2D eigenvalue weighted by atomic mass is 32.2. The minimum absolute atomic E-state index is 0.0610. The molecule has 0 fully saturated rings. The van der Waals surface area contributed by atoms with Gasteiger partial charge >= 0.3 is 0 Å². The van der Waals surface area contributed by atoms with Crippen molar-refractivity contribution in [3.8, 4) is 0 Å². The molecule has 0 saturated heterocycles. The van der Waals surface area contributed by atoms with Gasteiger partial charge in [-0.05, 0) is 6.07 Å². The Kier molecular flexibility index (Phi) is 3.22. The number of aromatic nitrogens is 4. The van der Waals surface area contributed by atoms with E-state index >= 15 is 0 Å². The Morgan fingerprint density at radius 1 is 1.47 bits per heavy atom. The zero-order chi connectivity index (χ0) is 12.3. The fourth-order valence-corrected chi connectivity index (χ4v) is 2.26. The molecule has 0 unspecified atom stereocenters. The van der Waals surface area contributed by atoms with E-state index in [0.29, 0.717) is 11.5 Å². The number of rotatable bonds is 5. The van der Waals surface area contributed by atoms with E-state index in [4.69, 9.17) is 5.73 Å². The Hall–Kier alpha value is -1.71. The molecule has 0 aliphatic rings. The first-order valence-electron chi connectivity index (χ1n) is 4.83. The predicted molar refractivity (Wildman–Crippen MR) is 59.1 cm³/mol. The van der Waals surface area contributed by atoms with Crippen molar-refractivity contribution in [3.05, 3.63) is 30.1 Å². The van der Waals surface area contributed by atoms with E-state index < -0.39 is 10.0 Å². The van der Waals surface area contributed by atoms with Crippen molar-refractivity contribution in [1.29, 1.82) is 0 Å². The van der Waals surface area contributed by atoms with E-state index in [1.54, 1.807) is 0 Å². The number of H-pyrrole nitrogens is 2. The molecule has 0 aliphatic carbocycles. The number of hydrogen-bond donors (Lipinski definition) is 4. The van der Waals surface area contributed by atoms with Gasteiger partial charge in [0.1, 0.15) is 12.2 Å². The Morgan fingerprint density at radius 3 is 2.88 bits per heavy atom. The molecule has 5 N–H and O–H groups in total. The second-order valence-electron chi connectivity index (χ2n) is 3.32. The minimum atomic E-state index is -3.55. The maximum absolute atomic E-state index is 11.8. The van der Waals surface area contributed by atoms with Gasteiger partial charge in [-0.2, -0.15) is 5.10 Å². The Bertz CT molecular complexity index is 573. The van der Waals surface area contributed by atoms with Crippen molar-refractivity contribution in [2.24, 2.45) is 5.73 Å². The first-order chi connectivity index (χ1) is 8.12. The Labute approximate surface area is 97.7 Å². The smallest absolute Gasteiger partial charge is 0.242 e. The topological polar surface area (TPSA) is 130 Å². The molecule has 9 heteroatoms. The monoisotopic (exact) mass is 256 g/mol. The normalized spacial score (nSPS) is 11.8. The lowest BCUT2D eigenvalue weighted by molar-refractivity contribution is 0.579. The van der Waals surface area contributed by atoms with Gasteiger partial charge in [0, 0.05) is 18.4 Å². The van der Waals surface area contributed by atoms with Crippen LogP contribution < -0.4 is 10.5 Å². The summed E-state index contributed by atoms with van der Waals surface area (Å²) in [6.07, 6.45) is 2.71. The molecule has 92 valence electrons. The summed E-state index contributed by atoms with van der Waals surface area (Å²) in [5, 5.41) is 6.18. The van der Waals surface area contributed by atoms with Gasteiger partial charge in [0.05, 0.1) is 11.4 Å². The van der Waals surface area contributed by atoms with Gasteiger partial charge in [-0.25, -0.2) is 18.1 Å².